The Kier molecular flexibility index (Phi) is 16.3. The molecular formula is C52H56FN9O12. The van der Waals surface area contributed by atoms with E-state index in [9.17, 15) is 47.9 Å². The molecule has 2 aromatic carbocycles. The maximum Gasteiger partial charge on any atom is 0.313 e. The average molecular weight is 1020 g/mol. The number of benzene rings is 2. The Bertz CT molecular complexity index is 3030. The molecule has 74 heavy (non-hydrogen) atoms. The number of carbonyl (C=O) groups excluding carboxylic acids is 9. The zero-order valence-electron chi connectivity index (χ0n) is 40.9. The average Bonchev–Trinajstić information content (AvgIpc) is 3.94. The van der Waals surface area contributed by atoms with Gasteiger partial charge in [-0.15, -0.1) is 0 Å². The first-order chi connectivity index (χ1) is 35.6. The predicted molar refractivity (Wildman–Crippen MR) is 262 cm³/mol. The quantitative estimate of drug-likeness (QED) is 0.0246. The molecule has 8 amide bonds. The number of amides is 8. The molecule has 0 fully saturated rings. The summed E-state index contributed by atoms with van der Waals surface area (Å²) in [6.45, 7) is 1.50. The van der Waals surface area contributed by atoms with Crippen molar-refractivity contribution in [3.63, 3.8) is 0 Å². The number of hydrogen-bond donors (Lipinski definition) is 6. The van der Waals surface area contributed by atoms with E-state index in [0.717, 1.165) is 10.5 Å². The summed E-state index contributed by atoms with van der Waals surface area (Å²) >= 11 is 0. The van der Waals surface area contributed by atoms with E-state index in [2.05, 4.69) is 31.9 Å². The molecule has 0 unspecified atom stereocenters. The van der Waals surface area contributed by atoms with Crippen LogP contribution in [0.15, 0.2) is 59.4 Å². The number of fused-ring (bicyclic) bond motifs is 5. The topological polar surface area (TPSA) is 282 Å². The van der Waals surface area contributed by atoms with Gasteiger partial charge in [0.1, 0.15) is 31.8 Å². The summed E-state index contributed by atoms with van der Waals surface area (Å²) < 4.78 is 27.8. The molecular weight excluding hydrogens is 962 g/mol. The van der Waals surface area contributed by atoms with Crippen molar-refractivity contribution in [2.45, 2.75) is 96.4 Å². The highest BCUT2D eigenvalue weighted by molar-refractivity contribution is 6.12. The first-order valence-corrected chi connectivity index (χ1v) is 24.5. The third-order valence-electron chi connectivity index (χ3n) is 13.6. The van der Waals surface area contributed by atoms with E-state index in [1.165, 1.54) is 18.2 Å². The fourth-order valence-corrected chi connectivity index (χ4v) is 9.78. The van der Waals surface area contributed by atoms with Crippen molar-refractivity contribution in [1.29, 1.82) is 0 Å². The molecule has 3 aliphatic heterocycles. The Labute approximate surface area is 423 Å². The van der Waals surface area contributed by atoms with Gasteiger partial charge < -0.3 is 45.9 Å². The first kappa shape index (κ1) is 52.2. The second-order valence-corrected chi connectivity index (χ2v) is 18.4. The highest BCUT2D eigenvalue weighted by Crippen LogP contribution is 2.45. The van der Waals surface area contributed by atoms with Crippen molar-refractivity contribution >= 4 is 64.1 Å². The lowest BCUT2D eigenvalue weighted by Gasteiger charge is -2.29. The number of carbonyl (C=O) groups is 9. The number of ether oxygens (including phenoxy) is 2. The number of esters is 1. The van der Waals surface area contributed by atoms with Gasteiger partial charge in [0.25, 0.3) is 17.4 Å². The van der Waals surface area contributed by atoms with Gasteiger partial charge in [0.05, 0.1) is 60.6 Å². The third-order valence-corrected chi connectivity index (χ3v) is 13.6. The van der Waals surface area contributed by atoms with Crippen LogP contribution in [0.1, 0.15) is 96.4 Å². The number of halogens is 1. The Hall–Kier alpha value is -8.14. The fourth-order valence-electron chi connectivity index (χ4n) is 9.78. The summed E-state index contributed by atoms with van der Waals surface area (Å²) in [6.07, 6.45) is 5.41. The molecule has 0 spiro atoms. The SMILES string of the molecule is CC[C@H]1C(=O)OCc2c1cc1n(c2=O)Cc2c-1nc1cc(F)c(C)c3c1c2[C@@H](NC(=O)COCNC(=O)CNC(=O)[C@H](Cc1ccccc1)NC(=O)CNC(=O)CNC(=O)CCCCCN1C(=O)C=CC1=O)CC3. The van der Waals surface area contributed by atoms with Crippen LogP contribution in [-0.4, -0.2) is 113 Å². The van der Waals surface area contributed by atoms with Crippen LogP contribution in [0.25, 0.3) is 22.3 Å². The standard InChI is InChI=1S/C52H56FN9O12/c1-3-30-32-19-39-49-33(24-62(39)51(71)34(32)25-74-52(30)72)48-36(14-13-31-28(2)35(53)20-37(60-49)47(31)48)58-44(67)26-73-27-57-42(65)22-56-50(70)38(18-29-10-6-4-7-11-29)59-43(66)23-55-41(64)21-54-40(63)12-8-5-9-17-61-45(68)15-16-46(61)69/h4,6-7,10-11,15-16,19-20,30,36,38H,3,5,8-9,12-14,17-18,21-27H2,1-2H3,(H,54,63)(H,55,64)(H,56,70)(H,57,65)(H,58,67)(H,59,66)/t30-,36+,38+/m1/s1. The van der Waals surface area contributed by atoms with Crippen LogP contribution in [0.3, 0.4) is 0 Å². The van der Waals surface area contributed by atoms with Crippen molar-refractivity contribution < 1.29 is 57.0 Å². The Balaban J connectivity index is 0.798. The molecule has 0 saturated carbocycles. The third kappa shape index (κ3) is 11.7. The van der Waals surface area contributed by atoms with E-state index >= 15 is 4.39 Å². The molecule has 21 nitrogen and oxygen atoms in total. The Morgan fingerprint density at radius 3 is 2.31 bits per heavy atom. The Morgan fingerprint density at radius 2 is 1.55 bits per heavy atom. The van der Waals surface area contributed by atoms with Crippen molar-refractivity contribution in [3.05, 3.63) is 110 Å². The summed E-state index contributed by atoms with van der Waals surface area (Å²) in [6, 6.07) is 10.2. The van der Waals surface area contributed by atoms with E-state index in [1.54, 1.807) is 47.9 Å². The van der Waals surface area contributed by atoms with E-state index in [0.29, 0.717) is 94.2 Å². The largest absolute Gasteiger partial charge is 0.460 e. The van der Waals surface area contributed by atoms with Crippen molar-refractivity contribution in [3.8, 4) is 11.4 Å². The van der Waals surface area contributed by atoms with E-state index in [1.807, 2.05) is 6.92 Å². The molecule has 6 N–H and O–H groups in total. The van der Waals surface area contributed by atoms with Gasteiger partial charge in [-0.3, -0.25) is 52.8 Å². The molecule has 388 valence electrons. The minimum absolute atomic E-state index is 0.0466. The maximum atomic E-state index is 15.3. The number of nitrogens with zero attached hydrogens (tertiary/aromatic N) is 3. The number of unbranched alkanes of at least 4 members (excludes halogenated alkanes) is 2. The van der Waals surface area contributed by atoms with Crippen LogP contribution < -0.4 is 37.5 Å². The summed E-state index contributed by atoms with van der Waals surface area (Å²) in [5.41, 5.74) is 5.37. The van der Waals surface area contributed by atoms with Crippen LogP contribution >= 0.6 is 0 Å². The monoisotopic (exact) mass is 1020 g/mol. The normalized spacial score (nSPS) is 16.4. The lowest BCUT2D eigenvalue weighted by atomic mass is 9.81. The lowest BCUT2D eigenvalue weighted by molar-refractivity contribution is -0.148. The molecule has 8 rings (SSSR count). The lowest BCUT2D eigenvalue weighted by Crippen LogP contribution is -2.52. The predicted octanol–water partition coefficient (Wildman–Crippen LogP) is 1.18. The van der Waals surface area contributed by atoms with Gasteiger partial charge in [-0.25, -0.2) is 9.37 Å². The molecule has 3 atom stereocenters. The summed E-state index contributed by atoms with van der Waals surface area (Å²) in [4.78, 5) is 133. The van der Waals surface area contributed by atoms with Gasteiger partial charge in [0.15, 0.2) is 0 Å². The molecule has 0 saturated heterocycles. The number of aromatic nitrogens is 2. The minimum atomic E-state index is -1.15. The molecule has 0 radical (unpaired) electrons. The number of pyridine rings is 2. The van der Waals surface area contributed by atoms with Crippen LogP contribution in [0.2, 0.25) is 0 Å². The van der Waals surface area contributed by atoms with Crippen molar-refractivity contribution in [2.24, 2.45) is 0 Å². The minimum Gasteiger partial charge on any atom is -0.460 e. The van der Waals surface area contributed by atoms with Crippen LogP contribution in [-0.2, 0) is 78.6 Å². The Morgan fingerprint density at radius 1 is 0.838 bits per heavy atom. The summed E-state index contributed by atoms with van der Waals surface area (Å²) in [7, 11) is 0. The zero-order valence-corrected chi connectivity index (χ0v) is 40.9. The molecule has 22 heteroatoms. The number of hydrogen-bond acceptors (Lipinski definition) is 13. The van der Waals surface area contributed by atoms with E-state index in [-0.39, 0.29) is 49.9 Å². The zero-order chi connectivity index (χ0) is 52.6. The molecule has 0 bridgehead atoms. The van der Waals surface area contributed by atoms with Gasteiger partial charge in [-0.2, -0.15) is 0 Å². The van der Waals surface area contributed by atoms with E-state index in [4.69, 9.17) is 14.5 Å². The number of cyclic esters (lactones) is 1. The van der Waals surface area contributed by atoms with Crippen LogP contribution in [0, 0.1) is 12.7 Å². The van der Waals surface area contributed by atoms with Gasteiger partial charge in [0.2, 0.25) is 35.4 Å². The van der Waals surface area contributed by atoms with Crippen molar-refractivity contribution in [2.75, 3.05) is 39.5 Å². The summed E-state index contributed by atoms with van der Waals surface area (Å²) in [5, 5.41) is 16.1. The molecule has 4 aliphatic rings. The molecule has 5 heterocycles. The molecule has 4 aromatic rings. The number of imide groups is 1. The van der Waals surface area contributed by atoms with Gasteiger partial charge in [0, 0.05) is 48.6 Å². The summed E-state index contributed by atoms with van der Waals surface area (Å²) in [5.74, 6) is -5.82. The van der Waals surface area contributed by atoms with Gasteiger partial charge in [-0.05, 0) is 72.9 Å². The number of rotatable bonds is 22. The van der Waals surface area contributed by atoms with Crippen LogP contribution in [0.5, 0.6) is 0 Å². The number of nitrogens with one attached hydrogen (secondary N) is 6. The highest BCUT2D eigenvalue weighted by Gasteiger charge is 2.38. The molecule has 2 aromatic heterocycles. The van der Waals surface area contributed by atoms with Crippen LogP contribution in [0.4, 0.5) is 4.39 Å². The number of aryl methyl sites for hydroxylation is 1. The second-order valence-electron chi connectivity index (χ2n) is 18.4. The van der Waals surface area contributed by atoms with Crippen molar-refractivity contribution in [1.82, 2.24) is 46.4 Å². The van der Waals surface area contributed by atoms with Gasteiger partial charge in [-0.1, -0.05) is 43.7 Å². The second kappa shape index (κ2) is 23.2. The highest BCUT2D eigenvalue weighted by atomic mass is 19.1. The fraction of sp³-hybridized carbons (Fsp3) is 0.404. The first-order valence-electron chi connectivity index (χ1n) is 24.5. The maximum absolute atomic E-state index is 15.3. The molecule has 1 aliphatic carbocycles. The van der Waals surface area contributed by atoms with Gasteiger partial charge >= 0.3 is 5.97 Å². The smallest absolute Gasteiger partial charge is 0.313 e. The van der Waals surface area contributed by atoms with E-state index < -0.39 is 98.2 Å².